The van der Waals surface area contributed by atoms with E-state index < -0.39 is 5.79 Å². The number of esters is 1. The summed E-state index contributed by atoms with van der Waals surface area (Å²) in [6.07, 6.45) is 2.14. The molecule has 1 aromatic carbocycles. The summed E-state index contributed by atoms with van der Waals surface area (Å²) in [5.74, 6) is -0.811. The van der Waals surface area contributed by atoms with Crippen LogP contribution in [0.1, 0.15) is 44.7 Å². The Bertz CT molecular complexity index is 542. The van der Waals surface area contributed by atoms with Crippen molar-refractivity contribution in [1.29, 1.82) is 0 Å². The Morgan fingerprint density at radius 1 is 1.33 bits per heavy atom. The topological polar surface area (TPSA) is 56.8 Å². The van der Waals surface area contributed by atoms with Crippen molar-refractivity contribution < 1.29 is 19.0 Å². The van der Waals surface area contributed by atoms with Crippen molar-refractivity contribution in [3.63, 3.8) is 0 Å². The van der Waals surface area contributed by atoms with Crippen LogP contribution >= 0.6 is 0 Å². The molecule has 1 aliphatic carbocycles. The molecule has 1 unspecified atom stereocenters. The lowest BCUT2D eigenvalue weighted by molar-refractivity contribution is -0.194. The molecule has 1 N–H and O–H groups in total. The Morgan fingerprint density at radius 2 is 2.04 bits per heavy atom. The minimum Gasteiger partial charge on any atom is -0.466 e. The second-order valence-electron chi connectivity index (χ2n) is 6.61. The van der Waals surface area contributed by atoms with Gasteiger partial charge >= 0.3 is 5.97 Å². The molecule has 5 nitrogen and oxygen atoms in total. The standard InChI is InChI=1S/C19H27NO4/c1-3-22-18(21)16-9-10-19(23-11-12-24-19)13-17(16)20-14(2)15-7-5-4-6-8-15/h4-8,14,16-17,20H,3,9-13H2,1-2H3/t14-,16+,17?/m1/s1. The minimum atomic E-state index is -0.531. The van der Waals surface area contributed by atoms with E-state index in [0.29, 0.717) is 26.2 Å². The number of hydrogen-bond acceptors (Lipinski definition) is 5. The zero-order chi connectivity index (χ0) is 17.0. The third-order valence-electron chi connectivity index (χ3n) is 5.02. The van der Waals surface area contributed by atoms with E-state index in [4.69, 9.17) is 14.2 Å². The van der Waals surface area contributed by atoms with E-state index in [1.54, 1.807) is 0 Å². The maximum Gasteiger partial charge on any atom is 0.310 e. The maximum atomic E-state index is 12.4. The molecule has 1 saturated carbocycles. The second-order valence-corrected chi connectivity index (χ2v) is 6.61. The number of benzene rings is 1. The van der Waals surface area contributed by atoms with E-state index in [-0.39, 0.29) is 24.0 Å². The summed E-state index contributed by atoms with van der Waals surface area (Å²) in [6, 6.07) is 10.4. The van der Waals surface area contributed by atoms with Gasteiger partial charge in [-0.3, -0.25) is 4.79 Å². The molecular weight excluding hydrogens is 306 g/mol. The predicted molar refractivity (Wildman–Crippen MR) is 90.4 cm³/mol. The molecule has 1 spiro atoms. The van der Waals surface area contributed by atoms with Crippen molar-refractivity contribution in [3.8, 4) is 0 Å². The molecular formula is C19H27NO4. The quantitative estimate of drug-likeness (QED) is 0.840. The van der Waals surface area contributed by atoms with Crippen LogP contribution < -0.4 is 5.32 Å². The number of hydrogen-bond donors (Lipinski definition) is 1. The molecule has 1 saturated heterocycles. The van der Waals surface area contributed by atoms with Crippen LogP contribution in [0, 0.1) is 5.92 Å². The van der Waals surface area contributed by atoms with Gasteiger partial charge in [0.05, 0.1) is 25.7 Å². The third-order valence-corrected chi connectivity index (χ3v) is 5.02. The minimum absolute atomic E-state index is 0.0221. The summed E-state index contributed by atoms with van der Waals surface area (Å²) in [5, 5.41) is 3.61. The summed E-state index contributed by atoms with van der Waals surface area (Å²) < 4.78 is 17.0. The average Bonchev–Trinajstić information content (AvgIpc) is 3.04. The van der Waals surface area contributed by atoms with Crippen molar-refractivity contribution >= 4 is 5.97 Å². The van der Waals surface area contributed by atoms with Crippen molar-refractivity contribution in [2.45, 2.75) is 51.0 Å². The van der Waals surface area contributed by atoms with Gasteiger partial charge in [-0.2, -0.15) is 0 Å². The molecule has 1 aliphatic heterocycles. The first-order valence-corrected chi connectivity index (χ1v) is 8.89. The van der Waals surface area contributed by atoms with Crippen LogP contribution in [0.25, 0.3) is 0 Å². The second kappa shape index (κ2) is 7.64. The van der Waals surface area contributed by atoms with Crippen LogP contribution in [0.4, 0.5) is 0 Å². The summed E-state index contributed by atoms with van der Waals surface area (Å²) in [7, 11) is 0. The fraction of sp³-hybridized carbons (Fsp3) is 0.632. The Hall–Kier alpha value is -1.43. The highest BCUT2D eigenvalue weighted by Gasteiger charge is 2.47. The molecule has 3 rings (SSSR count). The fourth-order valence-electron chi connectivity index (χ4n) is 3.78. The zero-order valence-electron chi connectivity index (χ0n) is 14.5. The third kappa shape index (κ3) is 3.79. The summed E-state index contributed by atoms with van der Waals surface area (Å²) in [5.41, 5.74) is 1.20. The van der Waals surface area contributed by atoms with Gasteiger partial charge in [0.15, 0.2) is 5.79 Å². The number of carbonyl (C=O) groups excluding carboxylic acids is 1. The van der Waals surface area contributed by atoms with Crippen molar-refractivity contribution in [3.05, 3.63) is 35.9 Å². The van der Waals surface area contributed by atoms with Crippen molar-refractivity contribution in [1.82, 2.24) is 5.32 Å². The van der Waals surface area contributed by atoms with E-state index in [1.165, 1.54) is 5.56 Å². The highest BCUT2D eigenvalue weighted by Crippen LogP contribution is 2.39. The van der Waals surface area contributed by atoms with Gasteiger partial charge in [-0.1, -0.05) is 30.3 Å². The first kappa shape index (κ1) is 17.4. The smallest absolute Gasteiger partial charge is 0.310 e. The van der Waals surface area contributed by atoms with Crippen LogP contribution in [0.5, 0.6) is 0 Å². The molecule has 5 heteroatoms. The Labute approximate surface area is 143 Å². The van der Waals surface area contributed by atoms with Crippen LogP contribution in [0.2, 0.25) is 0 Å². The SMILES string of the molecule is CCOC(=O)[C@H]1CCC2(CC1N[C@H](C)c1ccccc1)OCCO2. The lowest BCUT2D eigenvalue weighted by atomic mass is 9.80. The van der Waals surface area contributed by atoms with E-state index in [2.05, 4.69) is 24.4 Å². The lowest BCUT2D eigenvalue weighted by Crippen LogP contribution is -2.52. The molecule has 1 aromatic rings. The van der Waals surface area contributed by atoms with E-state index in [0.717, 1.165) is 12.8 Å². The van der Waals surface area contributed by atoms with Gasteiger partial charge in [0.2, 0.25) is 0 Å². The van der Waals surface area contributed by atoms with E-state index in [1.807, 2.05) is 25.1 Å². The highest BCUT2D eigenvalue weighted by molar-refractivity contribution is 5.73. The molecule has 3 atom stereocenters. The summed E-state index contributed by atoms with van der Waals surface area (Å²) in [6.45, 7) is 5.64. The number of nitrogens with one attached hydrogen (secondary N) is 1. The van der Waals surface area contributed by atoms with Gasteiger partial charge in [0.25, 0.3) is 0 Å². The molecule has 1 heterocycles. The largest absolute Gasteiger partial charge is 0.466 e. The number of ether oxygens (including phenoxy) is 3. The molecule has 24 heavy (non-hydrogen) atoms. The van der Waals surface area contributed by atoms with E-state index >= 15 is 0 Å². The van der Waals surface area contributed by atoms with Crippen molar-refractivity contribution in [2.24, 2.45) is 5.92 Å². The number of carbonyl (C=O) groups is 1. The van der Waals surface area contributed by atoms with Gasteiger partial charge in [-0.05, 0) is 25.8 Å². The molecule has 2 fully saturated rings. The maximum absolute atomic E-state index is 12.4. The normalized spacial score (nSPS) is 27.1. The Balaban J connectivity index is 1.74. The molecule has 0 aromatic heterocycles. The van der Waals surface area contributed by atoms with Gasteiger partial charge in [0, 0.05) is 24.9 Å². The van der Waals surface area contributed by atoms with Crippen LogP contribution in [0.15, 0.2) is 30.3 Å². The van der Waals surface area contributed by atoms with E-state index in [9.17, 15) is 4.79 Å². The summed E-state index contributed by atoms with van der Waals surface area (Å²) in [4.78, 5) is 12.4. The van der Waals surface area contributed by atoms with Gasteiger partial charge < -0.3 is 19.5 Å². The highest BCUT2D eigenvalue weighted by atomic mass is 16.7. The van der Waals surface area contributed by atoms with Gasteiger partial charge in [-0.25, -0.2) is 0 Å². The molecule has 0 radical (unpaired) electrons. The lowest BCUT2D eigenvalue weighted by Gasteiger charge is -2.41. The Kier molecular flexibility index (Phi) is 5.54. The van der Waals surface area contributed by atoms with Crippen LogP contribution in [-0.2, 0) is 19.0 Å². The zero-order valence-corrected chi connectivity index (χ0v) is 14.5. The fourth-order valence-corrected chi connectivity index (χ4v) is 3.78. The predicted octanol–water partition coefficient (Wildman–Crippen LogP) is 2.81. The molecule has 132 valence electrons. The molecule has 2 aliphatic rings. The van der Waals surface area contributed by atoms with Gasteiger partial charge in [-0.15, -0.1) is 0 Å². The van der Waals surface area contributed by atoms with Crippen LogP contribution in [0.3, 0.4) is 0 Å². The summed E-state index contributed by atoms with van der Waals surface area (Å²) >= 11 is 0. The van der Waals surface area contributed by atoms with Gasteiger partial charge in [0.1, 0.15) is 0 Å². The molecule has 0 bridgehead atoms. The van der Waals surface area contributed by atoms with Crippen LogP contribution in [-0.4, -0.2) is 37.6 Å². The average molecular weight is 333 g/mol. The van der Waals surface area contributed by atoms with Crippen molar-refractivity contribution in [2.75, 3.05) is 19.8 Å². The first-order chi connectivity index (χ1) is 11.6. The Morgan fingerprint density at radius 3 is 2.71 bits per heavy atom. The molecule has 0 amide bonds. The first-order valence-electron chi connectivity index (χ1n) is 8.89. The monoisotopic (exact) mass is 333 g/mol. The number of rotatable bonds is 5.